The monoisotopic (exact) mass is 602 g/mol. The van der Waals surface area contributed by atoms with Crippen molar-refractivity contribution < 1.29 is 22.7 Å². The van der Waals surface area contributed by atoms with Gasteiger partial charge in [0, 0.05) is 47.0 Å². The Kier molecular flexibility index (Phi) is 8.90. The Morgan fingerprint density at radius 1 is 1.05 bits per heavy atom. The number of nitrogens with zero attached hydrogens (tertiary/aromatic N) is 3. The minimum absolute atomic E-state index is 0.160. The maximum Gasteiger partial charge on any atom is 0.261 e. The van der Waals surface area contributed by atoms with Gasteiger partial charge in [0.2, 0.25) is 12.3 Å². The average molecular weight is 603 g/mol. The van der Waals surface area contributed by atoms with Crippen molar-refractivity contribution in [3.63, 3.8) is 0 Å². The number of β-amino-alcohol motifs (C(OH)–C–C–N with tert-alkyl or cyclic N) is 1. The minimum atomic E-state index is -3.73. The number of aryl methyl sites for hydroxylation is 1. The third kappa shape index (κ3) is 7.66. The highest BCUT2D eigenvalue weighted by molar-refractivity contribution is 7.92. The van der Waals surface area contributed by atoms with Crippen LogP contribution in [0.25, 0.3) is 10.9 Å². The average Bonchev–Trinajstić information content (AvgIpc) is 3.68. The number of rotatable bonds is 13. The number of hydrogen-bond donors (Lipinski definition) is 4. The third-order valence-corrected chi connectivity index (χ3v) is 8.56. The second-order valence-electron chi connectivity index (χ2n) is 10.9. The van der Waals surface area contributed by atoms with Gasteiger partial charge < -0.3 is 24.7 Å². The van der Waals surface area contributed by atoms with Gasteiger partial charge in [0.15, 0.2) is 0 Å². The SMILES string of the molecule is CC(C)(CCn1ccc2cc(C(=O)NCc3nnco3)ccc21)NC[C@H](O)c1cccc(NS(=O)(=O)c2ccccc2)c1. The number of anilines is 1. The van der Waals surface area contributed by atoms with E-state index in [0.717, 1.165) is 23.9 Å². The van der Waals surface area contributed by atoms with E-state index in [1.165, 1.54) is 18.5 Å². The molecule has 2 aromatic heterocycles. The number of aromatic nitrogens is 3. The normalized spacial score (nSPS) is 12.7. The van der Waals surface area contributed by atoms with Crippen LogP contribution in [0.15, 0.2) is 101 Å². The summed E-state index contributed by atoms with van der Waals surface area (Å²) >= 11 is 0. The lowest BCUT2D eigenvalue weighted by atomic mass is 9.99. The molecule has 12 heteroatoms. The van der Waals surface area contributed by atoms with Gasteiger partial charge in [-0.05, 0) is 74.4 Å². The zero-order chi connectivity index (χ0) is 30.5. The molecule has 11 nitrogen and oxygen atoms in total. The molecule has 1 amide bonds. The van der Waals surface area contributed by atoms with Crippen LogP contribution in [0.3, 0.4) is 0 Å². The van der Waals surface area contributed by atoms with Crippen molar-refractivity contribution in [2.75, 3.05) is 11.3 Å². The van der Waals surface area contributed by atoms with E-state index in [-0.39, 0.29) is 29.4 Å². The molecule has 224 valence electrons. The van der Waals surface area contributed by atoms with Gasteiger partial charge in [0.25, 0.3) is 15.9 Å². The second kappa shape index (κ2) is 12.8. The highest BCUT2D eigenvalue weighted by atomic mass is 32.2. The van der Waals surface area contributed by atoms with Crippen LogP contribution in [-0.2, 0) is 23.1 Å². The Hall–Kier alpha value is -4.52. The number of amides is 1. The third-order valence-electron chi connectivity index (χ3n) is 7.17. The molecule has 43 heavy (non-hydrogen) atoms. The number of carbonyl (C=O) groups excluding carboxylic acids is 1. The minimum Gasteiger partial charge on any atom is -0.426 e. The molecule has 0 aliphatic heterocycles. The summed E-state index contributed by atoms with van der Waals surface area (Å²) in [6, 6.07) is 22.5. The second-order valence-corrected chi connectivity index (χ2v) is 12.6. The molecule has 5 aromatic rings. The van der Waals surface area contributed by atoms with E-state index < -0.39 is 16.1 Å². The van der Waals surface area contributed by atoms with Crippen LogP contribution in [0.4, 0.5) is 5.69 Å². The first-order valence-corrected chi connectivity index (χ1v) is 15.3. The molecule has 0 spiro atoms. The summed E-state index contributed by atoms with van der Waals surface area (Å²) in [4.78, 5) is 12.7. The fraction of sp³-hybridized carbons (Fsp3) is 0.258. The van der Waals surface area contributed by atoms with Gasteiger partial charge in [-0.15, -0.1) is 10.2 Å². The van der Waals surface area contributed by atoms with Crippen LogP contribution in [0.2, 0.25) is 0 Å². The standard InChI is InChI=1S/C31H34N6O5S/c1-31(2,33-19-28(38)23-7-6-8-25(18-23)36-43(40,41)26-9-4-3-5-10-26)14-16-37-15-13-22-17-24(11-12-27(22)37)30(39)32-20-29-35-34-21-42-29/h3-13,15,17-18,21,28,33,36,38H,14,16,19-20H2,1-2H3,(H,32,39)/t28-/m0/s1. The summed E-state index contributed by atoms with van der Waals surface area (Å²) in [5, 5.41) is 25.4. The molecule has 2 heterocycles. The van der Waals surface area contributed by atoms with E-state index in [1.807, 2.05) is 24.4 Å². The highest BCUT2D eigenvalue weighted by Gasteiger charge is 2.21. The molecular weight excluding hydrogens is 568 g/mol. The van der Waals surface area contributed by atoms with E-state index in [4.69, 9.17) is 4.42 Å². The van der Waals surface area contributed by atoms with E-state index in [9.17, 15) is 18.3 Å². The molecule has 1 atom stereocenters. The number of fused-ring (bicyclic) bond motifs is 1. The van der Waals surface area contributed by atoms with Gasteiger partial charge in [-0.3, -0.25) is 9.52 Å². The zero-order valence-electron chi connectivity index (χ0n) is 23.9. The topological polar surface area (TPSA) is 151 Å². The molecule has 0 bridgehead atoms. The Bertz CT molecular complexity index is 1790. The van der Waals surface area contributed by atoms with Crippen molar-refractivity contribution in [3.8, 4) is 0 Å². The number of benzene rings is 3. The van der Waals surface area contributed by atoms with Crippen LogP contribution < -0.4 is 15.4 Å². The number of nitrogens with one attached hydrogen (secondary N) is 3. The lowest BCUT2D eigenvalue weighted by molar-refractivity contribution is 0.0947. The largest absolute Gasteiger partial charge is 0.426 e. The van der Waals surface area contributed by atoms with E-state index in [1.54, 1.807) is 48.5 Å². The maximum atomic E-state index is 12.7. The molecule has 0 aliphatic carbocycles. The summed E-state index contributed by atoms with van der Waals surface area (Å²) in [6.07, 6.45) is 3.15. The van der Waals surface area contributed by atoms with Crippen molar-refractivity contribution >= 4 is 32.5 Å². The molecular formula is C31H34N6O5S. The predicted molar refractivity (Wildman–Crippen MR) is 163 cm³/mol. The first-order valence-electron chi connectivity index (χ1n) is 13.8. The Morgan fingerprint density at radius 3 is 2.63 bits per heavy atom. The van der Waals surface area contributed by atoms with Crippen LogP contribution in [-0.4, -0.2) is 46.3 Å². The Balaban J connectivity index is 1.15. The fourth-order valence-electron chi connectivity index (χ4n) is 4.67. The lowest BCUT2D eigenvalue weighted by Crippen LogP contribution is -2.42. The molecule has 0 unspecified atom stereocenters. The summed E-state index contributed by atoms with van der Waals surface area (Å²) in [5.41, 5.74) is 2.23. The van der Waals surface area contributed by atoms with Gasteiger partial charge in [-0.25, -0.2) is 8.42 Å². The van der Waals surface area contributed by atoms with Crippen LogP contribution in [0.1, 0.15) is 48.2 Å². The Morgan fingerprint density at radius 2 is 1.86 bits per heavy atom. The van der Waals surface area contributed by atoms with Crippen LogP contribution in [0, 0.1) is 0 Å². The molecule has 0 aliphatic rings. The van der Waals surface area contributed by atoms with Crippen LogP contribution in [0.5, 0.6) is 0 Å². The van der Waals surface area contributed by atoms with E-state index in [0.29, 0.717) is 22.7 Å². The van der Waals surface area contributed by atoms with Crippen molar-refractivity contribution in [3.05, 3.63) is 108 Å². The first kappa shape index (κ1) is 30.0. The van der Waals surface area contributed by atoms with Gasteiger partial charge in [-0.2, -0.15) is 0 Å². The first-order chi connectivity index (χ1) is 20.6. The van der Waals surface area contributed by atoms with E-state index >= 15 is 0 Å². The lowest BCUT2D eigenvalue weighted by Gasteiger charge is -2.28. The van der Waals surface area contributed by atoms with Crippen LogP contribution >= 0.6 is 0 Å². The molecule has 0 saturated carbocycles. The maximum absolute atomic E-state index is 12.7. The smallest absolute Gasteiger partial charge is 0.261 e. The zero-order valence-corrected chi connectivity index (χ0v) is 24.7. The molecule has 0 fully saturated rings. The molecule has 5 rings (SSSR count). The molecule has 0 saturated heterocycles. The number of sulfonamides is 1. The number of carbonyl (C=O) groups is 1. The summed E-state index contributed by atoms with van der Waals surface area (Å²) < 4.78 is 35.2. The number of aliphatic hydroxyl groups excluding tert-OH is 1. The van der Waals surface area contributed by atoms with Crippen molar-refractivity contribution in [2.45, 2.75) is 49.9 Å². The van der Waals surface area contributed by atoms with E-state index in [2.05, 4.69) is 44.0 Å². The highest BCUT2D eigenvalue weighted by Crippen LogP contribution is 2.23. The van der Waals surface area contributed by atoms with Crippen molar-refractivity contribution in [2.24, 2.45) is 0 Å². The van der Waals surface area contributed by atoms with Crippen molar-refractivity contribution in [1.82, 2.24) is 25.4 Å². The Labute approximate surface area is 250 Å². The predicted octanol–water partition coefficient (Wildman–Crippen LogP) is 4.25. The molecule has 4 N–H and O–H groups in total. The van der Waals surface area contributed by atoms with Gasteiger partial charge in [-0.1, -0.05) is 30.3 Å². The van der Waals surface area contributed by atoms with Gasteiger partial charge >= 0.3 is 0 Å². The number of hydrogen-bond acceptors (Lipinski definition) is 8. The summed E-state index contributed by atoms with van der Waals surface area (Å²) in [5.74, 6) is 0.111. The fourth-order valence-corrected chi connectivity index (χ4v) is 5.74. The summed E-state index contributed by atoms with van der Waals surface area (Å²) in [6.45, 7) is 5.31. The van der Waals surface area contributed by atoms with Crippen molar-refractivity contribution in [1.29, 1.82) is 0 Å². The molecule has 3 aromatic carbocycles. The molecule has 0 radical (unpaired) electrons. The van der Waals surface area contributed by atoms with Gasteiger partial charge in [0.05, 0.1) is 17.5 Å². The van der Waals surface area contributed by atoms with Gasteiger partial charge in [0.1, 0.15) is 0 Å². The summed E-state index contributed by atoms with van der Waals surface area (Å²) in [7, 11) is -3.73. The number of aliphatic hydroxyl groups is 1. The quantitative estimate of drug-likeness (QED) is 0.156.